The zero-order chi connectivity index (χ0) is 14.9. The van der Waals surface area contributed by atoms with E-state index in [-0.39, 0.29) is 5.76 Å². The van der Waals surface area contributed by atoms with E-state index < -0.39 is 5.97 Å². The van der Waals surface area contributed by atoms with Gasteiger partial charge in [-0.05, 0) is 18.8 Å². The van der Waals surface area contributed by atoms with Crippen LogP contribution < -0.4 is 0 Å². The van der Waals surface area contributed by atoms with Crippen molar-refractivity contribution in [1.29, 1.82) is 0 Å². The Morgan fingerprint density at radius 1 is 1.45 bits per heavy atom. The Bertz CT molecular complexity index is 626. The predicted octanol–water partition coefficient (Wildman–Crippen LogP) is 2.53. The second-order valence-corrected chi connectivity index (χ2v) is 5.21. The molecule has 0 spiro atoms. The van der Waals surface area contributed by atoms with Crippen LogP contribution in [0, 0.1) is 5.92 Å². The van der Waals surface area contributed by atoms with Gasteiger partial charge in [-0.15, -0.1) is 0 Å². The van der Waals surface area contributed by atoms with Gasteiger partial charge >= 0.3 is 5.97 Å². The molecular formula is C14H19N3O3. The Balaban J connectivity index is 2.49. The molecule has 0 bridgehead atoms. The van der Waals surface area contributed by atoms with Crippen molar-refractivity contribution in [3.8, 4) is 11.5 Å². The smallest absolute Gasteiger partial charge is 0.373 e. The summed E-state index contributed by atoms with van der Waals surface area (Å²) in [6.07, 6.45) is 3.11. The van der Waals surface area contributed by atoms with Crippen molar-refractivity contribution in [2.24, 2.45) is 13.0 Å². The summed E-state index contributed by atoms with van der Waals surface area (Å²) < 4.78 is 7.14. The number of carboxylic acids is 1. The largest absolute Gasteiger partial charge is 0.475 e. The number of aryl methyl sites for hydroxylation is 2. The number of hydrogen-bond donors (Lipinski definition) is 1. The lowest BCUT2D eigenvalue weighted by Crippen LogP contribution is -2.03. The van der Waals surface area contributed by atoms with Gasteiger partial charge in [0.05, 0.1) is 17.0 Å². The fourth-order valence-electron chi connectivity index (χ4n) is 2.13. The third kappa shape index (κ3) is 2.74. The minimum Gasteiger partial charge on any atom is -0.475 e. The van der Waals surface area contributed by atoms with Crippen LogP contribution in [0.1, 0.15) is 42.7 Å². The fourth-order valence-corrected chi connectivity index (χ4v) is 2.13. The lowest BCUT2D eigenvalue weighted by Gasteiger charge is -1.99. The van der Waals surface area contributed by atoms with Crippen LogP contribution in [-0.2, 0) is 19.9 Å². The molecule has 2 heterocycles. The van der Waals surface area contributed by atoms with E-state index in [1.165, 1.54) is 0 Å². The Morgan fingerprint density at radius 2 is 2.15 bits per heavy atom. The summed E-state index contributed by atoms with van der Waals surface area (Å²) in [7, 11) is 1.82. The van der Waals surface area contributed by atoms with E-state index in [1.54, 1.807) is 10.9 Å². The van der Waals surface area contributed by atoms with Crippen molar-refractivity contribution < 1.29 is 14.3 Å². The minimum atomic E-state index is -1.08. The minimum absolute atomic E-state index is 0.0698. The maximum absolute atomic E-state index is 11.3. The first-order valence-electron chi connectivity index (χ1n) is 6.68. The van der Waals surface area contributed by atoms with Crippen molar-refractivity contribution in [3.05, 3.63) is 23.3 Å². The van der Waals surface area contributed by atoms with Gasteiger partial charge < -0.3 is 9.52 Å². The number of nitrogens with zero attached hydrogens (tertiary/aromatic N) is 3. The zero-order valence-electron chi connectivity index (χ0n) is 12.2. The summed E-state index contributed by atoms with van der Waals surface area (Å²) >= 11 is 0. The monoisotopic (exact) mass is 277 g/mol. The quantitative estimate of drug-likeness (QED) is 0.908. The molecule has 2 rings (SSSR count). The SMILES string of the molecule is CCc1nn(C)cc1-c1nc(CC(C)C)c(C(=O)O)o1. The van der Waals surface area contributed by atoms with Crippen LogP contribution >= 0.6 is 0 Å². The summed E-state index contributed by atoms with van der Waals surface area (Å²) in [6, 6.07) is 0. The average Bonchev–Trinajstić information content (AvgIpc) is 2.91. The molecular weight excluding hydrogens is 258 g/mol. The van der Waals surface area contributed by atoms with Gasteiger partial charge in [-0.1, -0.05) is 20.8 Å². The lowest BCUT2D eigenvalue weighted by molar-refractivity contribution is 0.0661. The van der Waals surface area contributed by atoms with Crippen LogP contribution in [0.15, 0.2) is 10.6 Å². The molecule has 0 fully saturated rings. The van der Waals surface area contributed by atoms with Crippen LogP contribution in [0.3, 0.4) is 0 Å². The molecule has 0 aliphatic carbocycles. The van der Waals surface area contributed by atoms with E-state index in [9.17, 15) is 9.90 Å². The van der Waals surface area contributed by atoms with Gasteiger partial charge in [0.15, 0.2) is 0 Å². The summed E-state index contributed by atoms with van der Waals surface area (Å²) in [5.41, 5.74) is 2.10. The van der Waals surface area contributed by atoms with E-state index >= 15 is 0 Å². The topological polar surface area (TPSA) is 81.2 Å². The number of aromatic carboxylic acids is 1. The van der Waals surface area contributed by atoms with Gasteiger partial charge in [0, 0.05) is 13.2 Å². The Morgan fingerprint density at radius 3 is 2.70 bits per heavy atom. The third-order valence-electron chi connectivity index (χ3n) is 2.96. The zero-order valence-corrected chi connectivity index (χ0v) is 12.2. The molecule has 1 N–H and O–H groups in total. The highest BCUT2D eigenvalue weighted by Gasteiger charge is 2.23. The molecule has 0 unspecified atom stereocenters. The second kappa shape index (κ2) is 5.48. The summed E-state index contributed by atoms with van der Waals surface area (Å²) in [5, 5.41) is 13.5. The van der Waals surface area contributed by atoms with Gasteiger partial charge in [0.1, 0.15) is 0 Å². The predicted molar refractivity (Wildman–Crippen MR) is 73.6 cm³/mol. The number of carbonyl (C=O) groups is 1. The average molecular weight is 277 g/mol. The summed E-state index contributed by atoms with van der Waals surface area (Å²) in [4.78, 5) is 15.6. The molecule has 0 saturated heterocycles. The Kier molecular flexibility index (Phi) is 3.92. The Labute approximate surface area is 117 Å². The molecule has 108 valence electrons. The highest BCUT2D eigenvalue weighted by atomic mass is 16.4. The standard InChI is InChI=1S/C14H19N3O3/c1-5-10-9(7-17(4)16-10)13-15-11(6-8(2)3)12(20-13)14(18)19/h7-8H,5-6H2,1-4H3,(H,18,19). The first-order chi connectivity index (χ1) is 9.42. The van der Waals surface area contributed by atoms with E-state index in [0.29, 0.717) is 23.9 Å². The fraction of sp³-hybridized carbons (Fsp3) is 0.500. The van der Waals surface area contributed by atoms with E-state index in [2.05, 4.69) is 10.1 Å². The summed E-state index contributed by atoms with van der Waals surface area (Å²) in [5.74, 6) is -0.505. The molecule has 0 aliphatic rings. The van der Waals surface area contributed by atoms with Crippen molar-refractivity contribution in [3.63, 3.8) is 0 Å². The van der Waals surface area contributed by atoms with Gasteiger partial charge in [0.25, 0.3) is 0 Å². The van der Waals surface area contributed by atoms with Gasteiger partial charge in [-0.2, -0.15) is 5.10 Å². The maximum atomic E-state index is 11.3. The molecule has 6 heteroatoms. The van der Waals surface area contributed by atoms with E-state index in [4.69, 9.17) is 4.42 Å². The first-order valence-corrected chi connectivity index (χ1v) is 6.68. The number of hydrogen-bond acceptors (Lipinski definition) is 4. The molecule has 2 aromatic rings. The number of carboxylic acid groups (broad SMARTS) is 1. The van der Waals surface area contributed by atoms with Crippen LogP contribution in [-0.4, -0.2) is 25.8 Å². The molecule has 0 aromatic carbocycles. The number of rotatable bonds is 5. The van der Waals surface area contributed by atoms with E-state index in [0.717, 1.165) is 17.7 Å². The van der Waals surface area contributed by atoms with Crippen molar-refractivity contribution in [2.75, 3.05) is 0 Å². The van der Waals surface area contributed by atoms with Gasteiger partial charge in [-0.3, -0.25) is 4.68 Å². The molecule has 2 aromatic heterocycles. The molecule has 0 radical (unpaired) electrons. The van der Waals surface area contributed by atoms with Crippen molar-refractivity contribution in [2.45, 2.75) is 33.6 Å². The highest BCUT2D eigenvalue weighted by molar-refractivity contribution is 5.86. The van der Waals surface area contributed by atoms with E-state index in [1.807, 2.05) is 27.8 Å². The van der Waals surface area contributed by atoms with Crippen LogP contribution in [0.4, 0.5) is 0 Å². The van der Waals surface area contributed by atoms with Crippen LogP contribution in [0.2, 0.25) is 0 Å². The molecule has 20 heavy (non-hydrogen) atoms. The van der Waals surface area contributed by atoms with Crippen molar-refractivity contribution >= 4 is 5.97 Å². The molecule has 0 aliphatic heterocycles. The van der Waals surface area contributed by atoms with Gasteiger partial charge in [0.2, 0.25) is 11.7 Å². The Hall–Kier alpha value is -2.11. The molecule has 6 nitrogen and oxygen atoms in total. The third-order valence-corrected chi connectivity index (χ3v) is 2.96. The number of oxazole rings is 1. The van der Waals surface area contributed by atoms with Crippen LogP contribution in [0.5, 0.6) is 0 Å². The molecule has 0 amide bonds. The highest BCUT2D eigenvalue weighted by Crippen LogP contribution is 2.26. The van der Waals surface area contributed by atoms with Crippen molar-refractivity contribution in [1.82, 2.24) is 14.8 Å². The maximum Gasteiger partial charge on any atom is 0.373 e. The summed E-state index contributed by atoms with van der Waals surface area (Å²) in [6.45, 7) is 6.02. The first kappa shape index (κ1) is 14.3. The van der Waals surface area contributed by atoms with Gasteiger partial charge in [-0.25, -0.2) is 9.78 Å². The molecule has 0 saturated carbocycles. The molecule has 0 atom stereocenters. The second-order valence-electron chi connectivity index (χ2n) is 5.21. The lowest BCUT2D eigenvalue weighted by atomic mass is 10.1. The number of aromatic nitrogens is 3. The normalized spacial score (nSPS) is 11.2. The van der Waals surface area contributed by atoms with Crippen LogP contribution in [0.25, 0.3) is 11.5 Å².